The summed E-state index contributed by atoms with van der Waals surface area (Å²) in [6, 6.07) is 6.19. The molecule has 3 N–H and O–H groups in total. The molecule has 1 amide bonds. The van der Waals surface area contributed by atoms with E-state index in [0.717, 1.165) is 0 Å². The first-order chi connectivity index (χ1) is 9.88. The van der Waals surface area contributed by atoms with Gasteiger partial charge in [0.25, 0.3) is 0 Å². The smallest absolute Gasteiger partial charge is 0.242 e. The number of likely N-dealkylation sites (tertiary alicyclic amines) is 1. The molecule has 0 atom stereocenters. The molecular weight excluding hydrogens is 314 g/mol. The minimum Gasteiger partial charge on any atom is -0.369 e. The van der Waals surface area contributed by atoms with Crippen LogP contribution in [0.4, 0.5) is 0 Å². The Morgan fingerprint density at radius 3 is 2.52 bits per heavy atom. The molecule has 1 aliphatic rings. The zero-order chi connectivity index (χ0) is 15.5. The lowest BCUT2D eigenvalue weighted by molar-refractivity contribution is -0.119. The highest BCUT2D eigenvalue weighted by Crippen LogP contribution is 2.21. The number of nitrogens with zero attached hydrogens (tertiary/aromatic N) is 1. The van der Waals surface area contributed by atoms with Crippen molar-refractivity contribution >= 4 is 27.5 Å². The molecule has 0 saturated carbocycles. The molecule has 1 aliphatic heterocycles. The fourth-order valence-electron chi connectivity index (χ4n) is 2.37. The summed E-state index contributed by atoms with van der Waals surface area (Å²) in [5.74, 6) is -0.370. The van der Waals surface area contributed by atoms with Gasteiger partial charge in [-0.25, -0.2) is 13.1 Å². The number of hydrogen-bond acceptors (Lipinski definition) is 4. The lowest BCUT2D eigenvalue weighted by atomic mass is 10.1. The van der Waals surface area contributed by atoms with E-state index in [-0.39, 0.29) is 28.4 Å². The minimum absolute atomic E-state index is 0.0891. The van der Waals surface area contributed by atoms with Crippen molar-refractivity contribution in [3.63, 3.8) is 0 Å². The molecular formula is C13H18ClN3O3S. The number of rotatable bonds is 5. The molecule has 8 heteroatoms. The van der Waals surface area contributed by atoms with Crippen LogP contribution in [-0.4, -0.2) is 44.9 Å². The first kappa shape index (κ1) is 16.2. The lowest BCUT2D eigenvalue weighted by Crippen LogP contribution is -2.46. The zero-order valence-electron chi connectivity index (χ0n) is 11.5. The summed E-state index contributed by atoms with van der Waals surface area (Å²) in [5.41, 5.74) is 5.15. The van der Waals surface area contributed by atoms with Gasteiger partial charge in [-0.15, -0.1) is 0 Å². The summed E-state index contributed by atoms with van der Waals surface area (Å²) < 4.78 is 27.3. The normalized spacial score (nSPS) is 17.8. The van der Waals surface area contributed by atoms with Crippen LogP contribution in [0.15, 0.2) is 29.2 Å². The average Bonchev–Trinajstić information content (AvgIpc) is 2.40. The van der Waals surface area contributed by atoms with Crippen molar-refractivity contribution in [3.05, 3.63) is 29.3 Å². The number of primary amides is 1. The van der Waals surface area contributed by atoms with Crippen molar-refractivity contribution in [1.82, 2.24) is 9.62 Å². The van der Waals surface area contributed by atoms with Gasteiger partial charge < -0.3 is 5.73 Å². The van der Waals surface area contributed by atoms with E-state index in [1.54, 1.807) is 18.2 Å². The molecule has 0 radical (unpaired) electrons. The molecule has 116 valence electrons. The van der Waals surface area contributed by atoms with Gasteiger partial charge in [-0.3, -0.25) is 9.69 Å². The molecule has 0 aromatic heterocycles. The number of carbonyl (C=O) groups excluding carboxylic acids is 1. The third-order valence-electron chi connectivity index (χ3n) is 3.42. The second-order valence-electron chi connectivity index (χ2n) is 5.07. The number of sulfonamides is 1. The summed E-state index contributed by atoms with van der Waals surface area (Å²) in [5, 5.41) is 0.205. The van der Waals surface area contributed by atoms with E-state index in [4.69, 9.17) is 17.3 Å². The standard InChI is InChI=1S/C13H18ClN3O3S/c14-11-3-1-2-4-12(11)21(19,20)16-10-5-7-17(8-6-10)9-13(15)18/h1-4,10,16H,5-9H2,(H2,15,18). The van der Waals surface area contributed by atoms with Crippen LogP contribution in [-0.2, 0) is 14.8 Å². The number of nitrogens with two attached hydrogens (primary N) is 1. The molecule has 1 saturated heterocycles. The molecule has 6 nitrogen and oxygen atoms in total. The Balaban J connectivity index is 1.97. The van der Waals surface area contributed by atoms with Gasteiger partial charge in [0.1, 0.15) is 4.90 Å². The van der Waals surface area contributed by atoms with E-state index < -0.39 is 10.0 Å². The zero-order valence-corrected chi connectivity index (χ0v) is 13.0. The van der Waals surface area contributed by atoms with Gasteiger partial charge in [0.15, 0.2) is 0 Å². The van der Waals surface area contributed by atoms with E-state index >= 15 is 0 Å². The topological polar surface area (TPSA) is 92.5 Å². The summed E-state index contributed by atoms with van der Waals surface area (Å²) >= 11 is 5.93. The molecule has 0 aliphatic carbocycles. The fourth-order valence-corrected chi connectivity index (χ4v) is 4.20. The monoisotopic (exact) mass is 331 g/mol. The molecule has 1 aromatic carbocycles. The summed E-state index contributed by atoms with van der Waals surface area (Å²) in [4.78, 5) is 12.9. The molecule has 21 heavy (non-hydrogen) atoms. The summed E-state index contributed by atoms with van der Waals surface area (Å²) in [6.07, 6.45) is 1.27. The van der Waals surface area contributed by atoms with Gasteiger partial charge in [-0.05, 0) is 25.0 Å². The third-order valence-corrected chi connectivity index (χ3v) is 5.44. The van der Waals surface area contributed by atoms with E-state index in [1.807, 2.05) is 4.90 Å². The second-order valence-corrected chi connectivity index (χ2v) is 7.16. The van der Waals surface area contributed by atoms with Gasteiger partial charge in [0.2, 0.25) is 15.9 Å². The van der Waals surface area contributed by atoms with Crippen molar-refractivity contribution in [2.24, 2.45) is 5.73 Å². The lowest BCUT2D eigenvalue weighted by Gasteiger charge is -2.31. The highest BCUT2D eigenvalue weighted by Gasteiger charge is 2.26. The van der Waals surface area contributed by atoms with Crippen LogP contribution in [0, 0.1) is 0 Å². The Bertz CT molecular complexity index is 613. The van der Waals surface area contributed by atoms with Crippen molar-refractivity contribution < 1.29 is 13.2 Å². The number of amides is 1. The van der Waals surface area contributed by atoms with Crippen LogP contribution in [0.1, 0.15) is 12.8 Å². The van der Waals surface area contributed by atoms with E-state index in [0.29, 0.717) is 25.9 Å². The summed E-state index contributed by atoms with van der Waals surface area (Å²) in [7, 11) is -3.62. The predicted molar refractivity (Wildman–Crippen MR) is 80.4 cm³/mol. The summed E-state index contributed by atoms with van der Waals surface area (Å²) in [6.45, 7) is 1.49. The number of nitrogens with one attached hydrogen (secondary N) is 1. The second kappa shape index (κ2) is 6.74. The average molecular weight is 332 g/mol. The van der Waals surface area contributed by atoms with Crippen molar-refractivity contribution in [1.29, 1.82) is 0 Å². The van der Waals surface area contributed by atoms with Crippen molar-refractivity contribution in [2.75, 3.05) is 19.6 Å². The number of carbonyl (C=O) groups is 1. The van der Waals surface area contributed by atoms with Gasteiger partial charge >= 0.3 is 0 Å². The molecule has 0 unspecified atom stereocenters. The maximum atomic E-state index is 12.3. The Kier molecular flexibility index (Phi) is 5.21. The van der Waals surface area contributed by atoms with Crippen LogP contribution in [0.5, 0.6) is 0 Å². The van der Waals surface area contributed by atoms with Crippen LogP contribution in [0.25, 0.3) is 0 Å². The Morgan fingerprint density at radius 1 is 1.33 bits per heavy atom. The first-order valence-electron chi connectivity index (χ1n) is 6.66. The highest BCUT2D eigenvalue weighted by molar-refractivity contribution is 7.89. The maximum Gasteiger partial charge on any atom is 0.242 e. The van der Waals surface area contributed by atoms with E-state index in [1.165, 1.54) is 6.07 Å². The molecule has 1 heterocycles. The van der Waals surface area contributed by atoms with Crippen molar-refractivity contribution in [2.45, 2.75) is 23.8 Å². The van der Waals surface area contributed by atoms with Crippen LogP contribution in [0.2, 0.25) is 5.02 Å². The number of halogens is 1. The van der Waals surface area contributed by atoms with Crippen LogP contribution < -0.4 is 10.5 Å². The van der Waals surface area contributed by atoms with Crippen LogP contribution >= 0.6 is 11.6 Å². The van der Waals surface area contributed by atoms with Gasteiger partial charge in [0, 0.05) is 19.1 Å². The number of benzene rings is 1. The SMILES string of the molecule is NC(=O)CN1CCC(NS(=O)(=O)c2ccccc2Cl)CC1. The molecule has 0 spiro atoms. The Labute approximate surface area is 129 Å². The van der Waals surface area contributed by atoms with E-state index in [2.05, 4.69) is 4.72 Å². The molecule has 1 fully saturated rings. The van der Waals surface area contributed by atoms with Crippen molar-refractivity contribution in [3.8, 4) is 0 Å². The van der Waals surface area contributed by atoms with Gasteiger partial charge in [0.05, 0.1) is 11.6 Å². The van der Waals surface area contributed by atoms with E-state index in [9.17, 15) is 13.2 Å². The Hall–Kier alpha value is -1.15. The predicted octanol–water partition coefficient (Wildman–Crippen LogP) is 0.568. The third kappa shape index (κ3) is 4.41. The largest absolute Gasteiger partial charge is 0.369 e. The molecule has 2 rings (SSSR count). The van der Waals surface area contributed by atoms with Gasteiger partial charge in [-0.2, -0.15) is 0 Å². The number of piperidine rings is 1. The quantitative estimate of drug-likeness (QED) is 0.825. The van der Waals surface area contributed by atoms with Crippen LogP contribution in [0.3, 0.4) is 0 Å². The maximum absolute atomic E-state index is 12.3. The molecule has 1 aromatic rings. The van der Waals surface area contributed by atoms with Gasteiger partial charge in [-0.1, -0.05) is 23.7 Å². The first-order valence-corrected chi connectivity index (χ1v) is 8.52. The Morgan fingerprint density at radius 2 is 1.95 bits per heavy atom. The number of hydrogen-bond donors (Lipinski definition) is 2. The fraction of sp³-hybridized carbons (Fsp3) is 0.462. The minimum atomic E-state index is -3.62. The molecule has 0 bridgehead atoms. The highest BCUT2D eigenvalue weighted by atomic mass is 35.5.